The van der Waals surface area contributed by atoms with Crippen LogP contribution in [-0.2, 0) is 0 Å². The summed E-state index contributed by atoms with van der Waals surface area (Å²) < 4.78 is 5.69. The van der Waals surface area contributed by atoms with E-state index in [9.17, 15) is 15.0 Å². The molecule has 0 bridgehead atoms. The van der Waals surface area contributed by atoms with Gasteiger partial charge in [0.15, 0.2) is 10.5 Å². The number of hydrogen-bond acceptors (Lipinski definition) is 7. The number of pyridine rings is 1. The summed E-state index contributed by atoms with van der Waals surface area (Å²) in [4.78, 5) is 32.0. The van der Waals surface area contributed by atoms with Gasteiger partial charge in [0, 0.05) is 5.69 Å². The lowest BCUT2D eigenvalue weighted by Crippen LogP contribution is -2.11. The van der Waals surface area contributed by atoms with E-state index in [1.54, 1.807) is 31.2 Å². The minimum Gasteiger partial charge on any atom is -0.431 e. The lowest BCUT2D eigenvalue weighted by atomic mass is 10.1. The Hall–Kier alpha value is -3.53. The Kier molecular flexibility index (Phi) is 3.96. The number of oxazole rings is 1. The van der Waals surface area contributed by atoms with Crippen molar-refractivity contribution in [2.75, 3.05) is 0 Å². The third-order valence-electron chi connectivity index (χ3n) is 3.93. The van der Waals surface area contributed by atoms with E-state index in [-0.39, 0.29) is 27.0 Å². The minimum absolute atomic E-state index is 0.0837. The number of hydrazine groups is 1. The Balaban J connectivity index is 1.98. The van der Waals surface area contributed by atoms with Crippen LogP contribution in [-0.4, -0.2) is 19.8 Å². The summed E-state index contributed by atoms with van der Waals surface area (Å²) in [5.41, 5.74) is 1.84. The molecule has 4 aromatic rings. The first kappa shape index (κ1) is 16.9. The second-order valence-electron chi connectivity index (χ2n) is 5.73. The summed E-state index contributed by atoms with van der Waals surface area (Å²) in [7, 11) is 0. The summed E-state index contributed by atoms with van der Waals surface area (Å²) in [6.45, 7) is 1.75. The van der Waals surface area contributed by atoms with Crippen LogP contribution in [0, 0.1) is 21.9 Å². The highest BCUT2D eigenvalue weighted by Gasteiger charge is 2.29. The average Bonchev–Trinajstić information content (AvgIpc) is 3.03. The van der Waals surface area contributed by atoms with Gasteiger partial charge < -0.3 is 4.42 Å². The van der Waals surface area contributed by atoms with Gasteiger partial charge in [0.05, 0.1) is 26.8 Å². The van der Waals surface area contributed by atoms with Crippen LogP contribution >= 0.6 is 11.8 Å². The van der Waals surface area contributed by atoms with Gasteiger partial charge in [-0.25, -0.2) is 4.98 Å². The Morgan fingerprint density at radius 1 is 1.11 bits per heavy atom. The third-order valence-corrected chi connectivity index (χ3v) is 4.89. The highest BCUT2D eigenvalue weighted by molar-refractivity contribution is 7.99. The molecule has 2 N–H and O–H groups in total. The van der Waals surface area contributed by atoms with E-state index < -0.39 is 4.92 Å². The number of benzene rings is 2. The van der Waals surface area contributed by atoms with Gasteiger partial charge in [-0.05, 0) is 43.0 Å². The molecule has 0 amide bonds. The van der Waals surface area contributed by atoms with E-state index >= 15 is 0 Å². The summed E-state index contributed by atoms with van der Waals surface area (Å²) >= 11 is 1.04. The molecule has 0 radical (unpaired) electrons. The zero-order valence-electron chi connectivity index (χ0n) is 13.9. The van der Waals surface area contributed by atoms with E-state index in [1.807, 2.05) is 12.1 Å². The highest BCUT2D eigenvalue weighted by atomic mass is 32.2. The molecule has 0 spiro atoms. The molecule has 134 valence electrons. The van der Waals surface area contributed by atoms with Gasteiger partial charge >= 0.3 is 5.69 Å². The maximum Gasteiger partial charge on any atom is 0.314 e. The number of non-ortho nitro benzene ring substituents is 1. The lowest BCUT2D eigenvalue weighted by Gasteiger charge is -2.05. The fraction of sp³-hybridized carbons (Fsp3) is 0.0588. The van der Waals surface area contributed by atoms with Gasteiger partial charge in [-0.1, -0.05) is 12.1 Å². The zero-order valence-corrected chi connectivity index (χ0v) is 14.8. The average molecular weight is 382 g/mol. The molecule has 2 heterocycles. The first-order valence-electron chi connectivity index (χ1n) is 7.78. The van der Waals surface area contributed by atoms with Crippen LogP contribution in [0.1, 0.15) is 5.69 Å². The van der Waals surface area contributed by atoms with Gasteiger partial charge in [0.25, 0.3) is 10.9 Å². The molecule has 0 unspecified atom stereocenters. The largest absolute Gasteiger partial charge is 0.431 e. The van der Waals surface area contributed by atoms with Crippen LogP contribution in [0.2, 0.25) is 0 Å². The number of nitroso groups, excluding NO2 is 1. The summed E-state index contributed by atoms with van der Waals surface area (Å²) in [6.07, 6.45) is 0. The molecule has 0 saturated carbocycles. The van der Waals surface area contributed by atoms with Gasteiger partial charge in [-0.3, -0.25) is 15.1 Å². The fourth-order valence-electron chi connectivity index (χ4n) is 2.73. The standard InChI is InChI=1S/C17H12N5O4S/c1-9-6-7-10-12(22(24)25)8-13(21(18)23)16(15(10)19-9)27-17-20-11-4-2-3-5-14(11)26-17/h2-8H,1H3,(H2,18,23)/q+1. The lowest BCUT2D eigenvalue weighted by molar-refractivity contribution is -0.477. The predicted octanol–water partition coefficient (Wildman–Crippen LogP) is 4.03. The van der Waals surface area contributed by atoms with Crippen LogP contribution in [0.4, 0.5) is 11.4 Å². The molecule has 0 fully saturated rings. The van der Waals surface area contributed by atoms with E-state index in [2.05, 4.69) is 9.97 Å². The zero-order chi connectivity index (χ0) is 19.1. The number of nitrogens with zero attached hydrogens (tertiary/aromatic N) is 4. The molecule has 27 heavy (non-hydrogen) atoms. The highest BCUT2D eigenvalue weighted by Crippen LogP contribution is 2.43. The fourth-order valence-corrected chi connectivity index (χ4v) is 3.68. The number of fused-ring (bicyclic) bond motifs is 2. The van der Waals surface area contributed by atoms with Crippen LogP contribution in [0.3, 0.4) is 0 Å². The summed E-state index contributed by atoms with van der Waals surface area (Å²) in [5, 5.41) is 12.0. The van der Waals surface area contributed by atoms with Crippen molar-refractivity contribution in [1.29, 1.82) is 0 Å². The molecule has 4 rings (SSSR count). The molecule has 0 aliphatic rings. The van der Waals surface area contributed by atoms with Crippen molar-refractivity contribution in [2.45, 2.75) is 17.0 Å². The second-order valence-corrected chi connectivity index (χ2v) is 6.69. The van der Waals surface area contributed by atoms with Crippen molar-refractivity contribution in [3.63, 3.8) is 0 Å². The van der Waals surface area contributed by atoms with E-state index in [0.29, 0.717) is 27.1 Å². The molecule has 10 heteroatoms. The third kappa shape index (κ3) is 2.95. The molecule has 0 aliphatic carbocycles. The van der Waals surface area contributed by atoms with Crippen molar-refractivity contribution >= 4 is 45.1 Å². The number of nitro benzene ring substituents is 1. The number of hydrogen-bond donors (Lipinski definition) is 1. The van der Waals surface area contributed by atoms with Crippen LogP contribution in [0.5, 0.6) is 0 Å². The first-order chi connectivity index (χ1) is 12.9. The normalized spacial score (nSPS) is 11.1. The quantitative estimate of drug-likeness (QED) is 0.242. The van der Waals surface area contributed by atoms with Crippen LogP contribution in [0.15, 0.2) is 57.0 Å². The molecule has 0 saturated heterocycles. The number of para-hydroxylation sites is 2. The Bertz CT molecular complexity index is 1200. The number of aromatic nitrogens is 2. The topological polar surface area (TPSA) is 128 Å². The summed E-state index contributed by atoms with van der Waals surface area (Å²) in [5.74, 6) is 5.40. The van der Waals surface area contributed by atoms with Crippen LogP contribution in [0.25, 0.3) is 22.0 Å². The van der Waals surface area contributed by atoms with Gasteiger partial charge in [0.2, 0.25) is 0 Å². The number of aryl methyl sites for hydroxylation is 1. The second kappa shape index (κ2) is 6.32. The Morgan fingerprint density at radius 2 is 1.89 bits per heavy atom. The summed E-state index contributed by atoms with van der Waals surface area (Å²) in [6, 6.07) is 11.6. The monoisotopic (exact) mass is 382 g/mol. The molecule has 2 aromatic heterocycles. The molecule has 0 atom stereocenters. The van der Waals surface area contributed by atoms with Crippen molar-refractivity contribution in [3.8, 4) is 0 Å². The van der Waals surface area contributed by atoms with E-state index in [0.717, 1.165) is 17.8 Å². The van der Waals surface area contributed by atoms with Gasteiger partial charge in [0.1, 0.15) is 10.4 Å². The van der Waals surface area contributed by atoms with Crippen molar-refractivity contribution < 1.29 is 14.2 Å². The SMILES string of the molecule is Cc1ccc2c([N+](=O)[O-])cc([N+](N)=O)c(Sc3nc4ccccc4o3)c2n1. The van der Waals surface area contributed by atoms with Gasteiger partial charge in [-0.2, -0.15) is 5.84 Å². The van der Waals surface area contributed by atoms with Crippen molar-refractivity contribution in [2.24, 2.45) is 5.84 Å². The van der Waals surface area contributed by atoms with E-state index in [4.69, 9.17) is 10.3 Å². The van der Waals surface area contributed by atoms with Crippen molar-refractivity contribution in [1.82, 2.24) is 9.97 Å². The number of nitro groups is 1. The molecule has 9 nitrogen and oxygen atoms in total. The Labute approximate surface area is 155 Å². The smallest absolute Gasteiger partial charge is 0.314 e. The van der Waals surface area contributed by atoms with Crippen molar-refractivity contribution in [3.05, 3.63) is 63.2 Å². The van der Waals surface area contributed by atoms with Gasteiger partial charge in [-0.15, -0.1) is 0 Å². The number of nitrogens with two attached hydrogens (primary N) is 1. The number of rotatable bonds is 4. The maximum absolute atomic E-state index is 11.9. The maximum atomic E-state index is 11.9. The van der Waals surface area contributed by atoms with E-state index in [1.165, 1.54) is 0 Å². The Morgan fingerprint density at radius 3 is 2.59 bits per heavy atom. The van der Waals surface area contributed by atoms with Crippen LogP contribution < -0.4 is 5.84 Å². The minimum atomic E-state index is -0.569. The molecule has 0 aliphatic heterocycles. The predicted molar refractivity (Wildman–Crippen MR) is 98.7 cm³/mol. The molecule has 2 aromatic carbocycles. The first-order valence-corrected chi connectivity index (χ1v) is 8.60. The molecular formula is C17H12N5O4S+. The molecular weight excluding hydrogens is 370 g/mol.